The Morgan fingerprint density at radius 3 is 2.10 bits per heavy atom. The molecule has 1 fully saturated rings. The maximum atomic E-state index is 10.1. The van der Waals surface area contributed by atoms with Crippen molar-refractivity contribution in [2.75, 3.05) is 13.1 Å². The van der Waals surface area contributed by atoms with Crippen LogP contribution in [0, 0.1) is 5.92 Å². The molecule has 110 valence electrons. The molecule has 1 aliphatic rings. The zero-order valence-corrected chi connectivity index (χ0v) is 10.9. The fourth-order valence-corrected chi connectivity index (χ4v) is 1.99. The molecule has 7 nitrogen and oxygen atoms in total. The summed E-state index contributed by atoms with van der Waals surface area (Å²) in [5, 5.41) is 28.2. The highest BCUT2D eigenvalue weighted by Gasteiger charge is 2.22. The van der Waals surface area contributed by atoms with Crippen molar-refractivity contribution in [3.63, 3.8) is 0 Å². The highest BCUT2D eigenvalue weighted by atomic mass is 16.4. The Labute approximate surface area is 116 Å². The fourth-order valence-electron chi connectivity index (χ4n) is 1.99. The zero-order valence-electron chi connectivity index (χ0n) is 10.9. The number of carboxylic acid groups (broad SMARTS) is 2. The molecule has 0 aliphatic carbocycles. The molecule has 1 atom stereocenters. The van der Waals surface area contributed by atoms with E-state index in [2.05, 4.69) is 10.3 Å². The lowest BCUT2D eigenvalue weighted by molar-refractivity contribution is -0.159. The summed E-state index contributed by atoms with van der Waals surface area (Å²) >= 11 is 0. The first kappa shape index (κ1) is 16.1. The fraction of sp³-hybridized carbons (Fsp3) is 0.462. The SMILES string of the molecule is O=C(O)C(=O)O.OC(c1ccncc1)C1CCNCC1. The van der Waals surface area contributed by atoms with Gasteiger partial charge in [-0.05, 0) is 49.5 Å². The highest BCUT2D eigenvalue weighted by molar-refractivity contribution is 6.27. The molecule has 1 unspecified atom stereocenters. The van der Waals surface area contributed by atoms with E-state index >= 15 is 0 Å². The number of carboxylic acids is 2. The number of pyridine rings is 1. The first-order valence-electron chi connectivity index (χ1n) is 6.27. The van der Waals surface area contributed by atoms with Gasteiger partial charge in [-0.25, -0.2) is 9.59 Å². The van der Waals surface area contributed by atoms with Crippen LogP contribution in [-0.2, 0) is 9.59 Å². The maximum absolute atomic E-state index is 10.1. The van der Waals surface area contributed by atoms with Crippen LogP contribution in [0.1, 0.15) is 24.5 Å². The molecule has 0 spiro atoms. The molecule has 0 saturated carbocycles. The van der Waals surface area contributed by atoms with Gasteiger partial charge in [0.05, 0.1) is 6.10 Å². The number of rotatable bonds is 2. The Morgan fingerprint density at radius 2 is 1.65 bits per heavy atom. The number of aromatic nitrogens is 1. The minimum atomic E-state index is -1.82. The van der Waals surface area contributed by atoms with Crippen molar-refractivity contribution in [2.45, 2.75) is 18.9 Å². The van der Waals surface area contributed by atoms with Crippen LogP contribution in [-0.4, -0.2) is 45.3 Å². The van der Waals surface area contributed by atoms with Gasteiger partial charge >= 0.3 is 11.9 Å². The van der Waals surface area contributed by atoms with Crippen molar-refractivity contribution in [1.82, 2.24) is 10.3 Å². The van der Waals surface area contributed by atoms with E-state index in [4.69, 9.17) is 19.8 Å². The molecular weight excluding hydrogens is 264 g/mol. The van der Waals surface area contributed by atoms with Crippen LogP contribution in [0.2, 0.25) is 0 Å². The third-order valence-corrected chi connectivity index (χ3v) is 3.06. The molecule has 1 aromatic rings. The summed E-state index contributed by atoms with van der Waals surface area (Å²) in [5.41, 5.74) is 0.993. The van der Waals surface area contributed by atoms with E-state index in [9.17, 15) is 5.11 Å². The molecular formula is C13H18N2O5. The molecule has 1 saturated heterocycles. The Morgan fingerprint density at radius 1 is 1.15 bits per heavy atom. The first-order valence-corrected chi connectivity index (χ1v) is 6.27. The molecule has 2 rings (SSSR count). The van der Waals surface area contributed by atoms with Crippen LogP contribution >= 0.6 is 0 Å². The normalized spacial score (nSPS) is 16.6. The number of nitrogens with one attached hydrogen (secondary N) is 1. The topological polar surface area (TPSA) is 120 Å². The summed E-state index contributed by atoms with van der Waals surface area (Å²) in [7, 11) is 0. The Balaban J connectivity index is 0.000000286. The quantitative estimate of drug-likeness (QED) is 0.575. The number of hydrogen-bond donors (Lipinski definition) is 4. The molecule has 0 bridgehead atoms. The second-order valence-electron chi connectivity index (χ2n) is 4.42. The summed E-state index contributed by atoms with van der Waals surface area (Å²) in [5.74, 6) is -3.25. The number of aliphatic hydroxyl groups excluding tert-OH is 1. The van der Waals surface area contributed by atoms with Gasteiger partial charge in [0.25, 0.3) is 0 Å². The summed E-state index contributed by atoms with van der Waals surface area (Å²) in [6.45, 7) is 2.04. The number of aliphatic carboxylic acids is 2. The van der Waals surface area contributed by atoms with Gasteiger partial charge in [0, 0.05) is 12.4 Å². The van der Waals surface area contributed by atoms with E-state index in [0.29, 0.717) is 5.92 Å². The average Bonchev–Trinajstić information content (AvgIpc) is 2.49. The van der Waals surface area contributed by atoms with Gasteiger partial charge in [-0.1, -0.05) is 0 Å². The van der Waals surface area contributed by atoms with Crippen molar-refractivity contribution in [3.8, 4) is 0 Å². The molecule has 0 amide bonds. The van der Waals surface area contributed by atoms with Gasteiger partial charge in [0.2, 0.25) is 0 Å². The molecule has 0 aromatic carbocycles. The summed E-state index contributed by atoms with van der Waals surface area (Å²) in [6, 6.07) is 3.79. The third kappa shape index (κ3) is 5.33. The van der Waals surface area contributed by atoms with Crippen LogP contribution in [0.5, 0.6) is 0 Å². The lowest BCUT2D eigenvalue weighted by atomic mass is 9.88. The van der Waals surface area contributed by atoms with E-state index in [-0.39, 0.29) is 6.10 Å². The van der Waals surface area contributed by atoms with Gasteiger partial charge < -0.3 is 20.6 Å². The highest BCUT2D eigenvalue weighted by Crippen LogP contribution is 2.27. The monoisotopic (exact) mass is 282 g/mol. The number of aliphatic hydroxyl groups is 1. The van der Waals surface area contributed by atoms with Crippen LogP contribution in [0.15, 0.2) is 24.5 Å². The predicted molar refractivity (Wildman–Crippen MR) is 70.1 cm³/mol. The predicted octanol–water partition coefficient (Wildman–Crippen LogP) is 0.270. The molecule has 4 N–H and O–H groups in total. The second-order valence-corrected chi connectivity index (χ2v) is 4.42. The van der Waals surface area contributed by atoms with Crippen LogP contribution in [0.3, 0.4) is 0 Å². The van der Waals surface area contributed by atoms with Crippen molar-refractivity contribution in [3.05, 3.63) is 30.1 Å². The number of carbonyl (C=O) groups is 2. The van der Waals surface area contributed by atoms with E-state index in [1.807, 2.05) is 12.1 Å². The van der Waals surface area contributed by atoms with Gasteiger partial charge in [-0.3, -0.25) is 4.98 Å². The van der Waals surface area contributed by atoms with Crippen molar-refractivity contribution in [1.29, 1.82) is 0 Å². The zero-order chi connectivity index (χ0) is 15.0. The lowest BCUT2D eigenvalue weighted by Crippen LogP contribution is -2.30. The van der Waals surface area contributed by atoms with Gasteiger partial charge in [-0.15, -0.1) is 0 Å². The van der Waals surface area contributed by atoms with Crippen LogP contribution < -0.4 is 5.32 Å². The maximum Gasteiger partial charge on any atom is 0.414 e. The van der Waals surface area contributed by atoms with E-state index in [1.54, 1.807) is 12.4 Å². The van der Waals surface area contributed by atoms with Crippen LogP contribution in [0.4, 0.5) is 0 Å². The lowest BCUT2D eigenvalue weighted by Gasteiger charge is -2.27. The summed E-state index contributed by atoms with van der Waals surface area (Å²) < 4.78 is 0. The Hall–Kier alpha value is -1.99. The smallest absolute Gasteiger partial charge is 0.414 e. The Kier molecular flexibility index (Phi) is 6.61. The molecule has 1 aromatic heterocycles. The van der Waals surface area contributed by atoms with Gasteiger partial charge in [0.1, 0.15) is 0 Å². The largest absolute Gasteiger partial charge is 0.473 e. The summed E-state index contributed by atoms with van der Waals surface area (Å²) in [4.78, 5) is 22.1. The first-order chi connectivity index (χ1) is 9.52. The van der Waals surface area contributed by atoms with Crippen LogP contribution in [0.25, 0.3) is 0 Å². The van der Waals surface area contributed by atoms with Gasteiger partial charge in [0.15, 0.2) is 0 Å². The number of piperidine rings is 1. The molecule has 0 radical (unpaired) electrons. The number of hydrogen-bond acceptors (Lipinski definition) is 5. The van der Waals surface area contributed by atoms with Crippen molar-refractivity contribution in [2.24, 2.45) is 5.92 Å². The van der Waals surface area contributed by atoms with Crippen molar-refractivity contribution >= 4 is 11.9 Å². The molecule has 1 aliphatic heterocycles. The minimum Gasteiger partial charge on any atom is -0.473 e. The molecule has 2 heterocycles. The van der Waals surface area contributed by atoms with E-state index in [1.165, 1.54) is 0 Å². The number of nitrogens with zero attached hydrogens (tertiary/aromatic N) is 1. The molecule has 7 heteroatoms. The molecule has 20 heavy (non-hydrogen) atoms. The average molecular weight is 282 g/mol. The van der Waals surface area contributed by atoms with Gasteiger partial charge in [-0.2, -0.15) is 0 Å². The standard InChI is InChI=1S/C11H16N2O.C2H2O4/c14-11(9-1-5-12-6-2-9)10-3-7-13-8-4-10;3-1(4)2(5)6/h1-2,5-6,10-11,13-14H,3-4,7-8H2;(H,3,4)(H,5,6). The van der Waals surface area contributed by atoms with Crippen molar-refractivity contribution < 1.29 is 24.9 Å². The third-order valence-electron chi connectivity index (χ3n) is 3.06. The Bertz CT molecular complexity index is 420. The van der Waals surface area contributed by atoms with E-state index < -0.39 is 11.9 Å². The second kappa shape index (κ2) is 8.23. The van der Waals surface area contributed by atoms with E-state index in [0.717, 1.165) is 31.5 Å². The summed E-state index contributed by atoms with van der Waals surface area (Å²) in [6.07, 6.45) is 5.27. The minimum absolute atomic E-state index is 0.319.